The van der Waals surface area contributed by atoms with E-state index >= 15 is 0 Å². The first-order valence-corrected chi connectivity index (χ1v) is 11.8. The lowest BCUT2D eigenvalue weighted by atomic mass is 9.73. The van der Waals surface area contributed by atoms with Gasteiger partial charge >= 0.3 is 12.1 Å². The second kappa shape index (κ2) is 9.40. The van der Waals surface area contributed by atoms with Gasteiger partial charge in [0, 0.05) is 17.7 Å². The highest BCUT2D eigenvalue weighted by Gasteiger charge is 2.50. The number of nitrogens with one attached hydrogen (secondary N) is 1. The summed E-state index contributed by atoms with van der Waals surface area (Å²) in [7, 11) is 0. The van der Waals surface area contributed by atoms with Gasteiger partial charge in [0.2, 0.25) is 0 Å². The fourth-order valence-electron chi connectivity index (χ4n) is 4.77. The molecule has 0 fully saturated rings. The van der Waals surface area contributed by atoms with Crippen LogP contribution in [0.5, 0.6) is 5.75 Å². The highest BCUT2D eigenvalue weighted by Crippen LogP contribution is 2.49. The quantitative estimate of drug-likeness (QED) is 0.486. The minimum Gasteiger partial charge on any atom is -0.494 e. The Morgan fingerprint density at radius 1 is 1.14 bits per heavy atom. The predicted molar refractivity (Wildman–Crippen MR) is 128 cm³/mol. The molecule has 0 radical (unpaired) electrons. The lowest BCUT2D eigenvalue weighted by molar-refractivity contribution is -0.170. The van der Waals surface area contributed by atoms with Crippen LogP contribution in [0.25, 0.3) is 0 Å². The number of Topliss-reactive ketones (excluding diaryl/α,β-unsaturated/α-hetero) is 1. The molecule has 35 heavy (non-hydrogen) atoms. The number of benzene rings is 2. The van der Waals surface area contributed by atoms with Crippen molar-refractivity contribution in [2.45, 2.75) is 58.7 Å². The van der Waals surface area contributed by atoms with E-state index in [4.69, 9.17) is 4.74 Å². The Morgan fingerprint density at radius 2 is 1.89 bits per heavy atom. The first-order valence-electron chi connectivity index (χ1n) is 11.8. The van der Waals surface area contributed by atoms with Gasteiger partial charge in [0.05, 0.1) is 24.0 Å². The van der Waals surface area contributed by atoms with Crippen molar-refractivity contribution in [2.75, 3.05) is 16.8 Å². The molecule has 0 aromatic heterocycles. The fraction of sp³-hybridized carbons (Fsp3) is 0.407. The Balaban J connectivity index is 1.95. The molecule has 2 aromatic carbocycles. The third-order valence-corrected chi connectivity index (χ3v) is 6.30. The number of halogens is 3. The Hall–Kier alpha value is -3.29. The summed E-state index contributed by atoms with van der Waals surface area (Å²) in [6.45, 7) is 6.38. The average molecular weight is 487 g/mol. The lowest BCUT2D eigenvalue weighted by Crippen LogP contribution is -2.45. The van der Waals surface area contributed by atoms with Gasteiger partial charge in [0.15, 0.2) is 5.78 Å². The Bertz CT molecular complexity index is 1170. The monoisotopic (exact) mass is 486 g/mol. The van der Waals surface area contributed by atoms with E-state index in [1.54, 1.807) is 42.5 Å². The van der Waals surface area contributed by atoms with E-state index in [1.807, 2.05) is 20.8 Å². The van der Waals surface area contributed by atoms with E-state index in [0.717, 1.165) is 12.8 Å². The summed E-state index contributed by atoms with van der Waals surface area (Å²) in [6, 6.07) is 11.8. The van der Waals surface area contributed by atoms with Gasteiger partial charge in [-0.25, -0.2) is 0 Å². The van der Waals surface area contributed by atoms with Gasteiger partial charge in [-0.3, -0.25) is 14.5 Å². The van der Waals surface area contributed by atoms with Crippen molar-refractivity contribution in [2.24, 2.45) is 5.41 Å². The number of rotatable bonds is 5. The fourth-order valence-corrected chi connectivity index (χ4v) is 4.77. The smallest absolute Gasteiger partial charge is 0.471 e. The van der Waals surface area contributed by atoms with Crippen molar-refractivity contribution in [3.8, 4) is 5.75 Å². The van der Waals surface area contributed by atoms with Crippen LogP contribution in [-0.4, -0.2) is 24.5 Å². The number of allylic oxidation sites excluding steroid dienone is 1. The number of amides is 1. The number of unbranched alkanes of at least 4 members (excludes halogenated alkanes) is 1. The summed E-state index contributed by atoms with van der Waals surface area (Å²) in [5.74, 6) is -1.83. The molecular formula is C27H29F3N2O3. The van der Waals surface area contributed by atoms with Gasteiger partial charge in [-0.2, -0.15) is 13.2 Å². The molecule has 0 spiro atoms. The second-order valence-electron chi connectivity index (χ2n) is 9.83. The number of para-hydroxylation sites is 2. The van der Waals surface area contributed by atoms with Gasteiger partial charge in [-0.1, -0.05) is 51.5 Å². The van der Waals surface area contributed by atoms with E-state index in [-0.39, 0.29) is 28.9 Å². The van der Waals surface area contributed by atoms with Crippen LogP contribution in [0.3, 0.4) is 0 Å². The van der Waals surface area contributed by atoms with Crippen LogP contribution in [0, 0.1) is 5.41 Å². The summed E-state index contributed by atoms with van der Waals surface area (Å²) in [5, 5.41) is 3.21. The van der Waals surface area contributed by atoms with Crippen molar-refractivity contribution >= 4 is 23.1 Å². The van der Waals surface area contributed by atoms with E-state index in [0.29, 0.717) is 40.6 Å². The first kappa shape index (κ1) is 24.8. The van der Waals surface area contributed by atoms with Gasteiger partial charge in [0.1, 0.15) is 5.75 Å². The molecule has 2 aromatic rings. The third-order valence-electron chi connectivity index (χ3n) is 6.30. The molecule has 5 nitrogen and oxygen atoms in total. The predicted octanol–water partition coefficient (Wildman–Crippen LogP) is 6.57. The minimum atomic E-state index is -5.14. The highest BCUT2D eigenvalue weighted by molar-refractivity contribution is 6.07. The van der Waals surface area contributed by atoms with E-state index in [1.165, 1.54) is 6.07 Å². The molecule has 1 unspecified atom stereocenters. The molecular weight excluding hydrogens is 457 g/mol. The maximum absolute atomic E-state index is 13.9. The zero-order valence-corrected chi connectivity index (χ0v) is 20.0. The molecule has 186 valence electrons. The van der Waals surface area contributed by atoms with Crippen LogP contribution in [0.1, 0.15) is 58.1 Å². The number of nitrogens with zero attached hydrogens (tertiary/aromatic N) is 1. The number of carbonyl (C=O) groups is 2. The molecule has 1 aliphatic carbocycles. The lowest BCUT2D eigenvalue weighted by Gasteiger charge is -2.37. The number of carbonyl (C=O) groups excluding carboxylic acids is 2. The van der Waals surface area contributed by atoms with Crippen molar-refractivity contribution < 1.29 is 27.5 Å². The van der Waals surface area contributed by atoms with Crippen LogP contribution in [0.15, 0.2) is 59.8 Å². The van der Waals surface area contributed by atoms with Crippen molar-refractivity contribution in [3.63, 3.8) is 0 Å². The van der Waals surface area contributed by atoms with Crippen LogP contribution >= 0.6 is 0 Å². The van der Waals surface area contributed by atoms with Gasteiger partial charge in [0.25, 0.3) is 0 Å². The number of ketones is 1. The summed E-state index contributed by atoms with van der Waals surface area (Å²) in [6.07, 6.45) is -2.75. The van der Waals surface area contributed by atoms with Crippen LogP contribution < -0.4 is 15.0 Å². The number of hydrogen-bond donors (Lipinski definition) is 1. The zero-order valence-electron chi connectivity index (χ0n) is 20.0. The molecule has 0 saturated heterocycles. The standard InChI is InChI=1S/C27H29F3N2O3/c1-4-5-13-35-18-10-8-9-17(14-18)24-23-20(15-26(2,3)16-22(23)33)31-19-11-6-7-12-21(19)32(24)25(34)27(28,29)30/h6-12,14,24,31H,4-5,13,15-16H2,1-3H3. The minimum absolute atomic E-state index is 0.0668. The number of ether oxygens (including phenoxy) is 1. The Labute approximate surface area is 203 Å². The molecule has 0 saturated carbocycles. The van der Waals surface area contributed by atoms with Crippen LogP contribution in [-0.2, 0) is 9.59 Å². The van der Waals surface area contributed by atoms with Crippen molar-refractivity contribution in [1.29, 1.82) is 0 Å². The first-order chi connectivity index (χ1) is 16.5. The zero-order chi connectivity index (χ0) is 25.4. The molecule has 1 atom stereocenters. The number of fused-ring (bicyclic) bond motifs is 1. The van der Waals surface area contributed by atoms with Crippen LogP contribution in [0.2, 0.25) is 0 Å². The highest BCUT2D eigenvalue weighted by atomic mass is 19.4. The van der Waals surface area contributed by atoms with Gasteiger partial charge in [-0.05, 0) is 48.1 Å². The SMILES string of the molecule is CCCCOc1cccc(C2C3=C(CC(C)(C)CC3=O)Nc3ccccc3N2C(=O)C(F)(F)F)c1. The third kappa shape index (κ3) is 5.06. The van der Waals surface area contributed by atoms with Crippen molar-refractivity contribution in [3.05, 3.63) is 65.4 Å². The largest absolute Gasteiger partial charge is 0.494 e. The number of anilines is 2. The summed E-state index contributed by atoms with van der Waals surface area (Å²) < 4.78 is 47.6. The molecule has 1 aliphatic heterocycles. The summed E-state index contributed by atoms with van der Waals surface area (Å²) in [5.41, 5.74) is 1.15. The molecule has 1 N–H and O–H groups in total. The Morgan fingerprint density at radius 3 is 2.60 bits per heavy atom. The molecule has 4 rings (SSSR count). The van der Waals surface area contributed by atoms with E-state index < -0.39 is 18.1 Å². The number of alkyl halides is 3. The van der Waals surface area contributed by atoms with Crippen molar-refractivity contribution in [1.82, 2.24) is 0 Å². The maximum atomic E-state index is 13.9. The van der Waals surface area contributed by atoms with E-state index in [9.17, 15) is 22.8 Å². The van der Waals surface area contributed by atoms with Crippen LogP contribution in [0.4, 0.5) is 24.5 Å². The number of hydrogen-bond acceptors (Lipinski definition) is 4. The molecule has 1 amide bonds. The summed E-state index contributed by atoms with van der Waals surface area (Å²) >= 11 is 0. The van der Waals surface area contributed by atoms with Gasteiger partial charge in [-0.15, -0.1) is 0 Å². The second-order valence-corrected chi connectivity index (χ2v) is 9.83. The molecule has 1 heterocycles. The Kier molecular flexibility index (Phi) is 6.66. The average Bonchev–Trinajstić information content (AvgIpc) is 2.91. The molecule has 2 aliphatic rings. The normalized spacial score (nSPS) is 19.4. The van der Waals surface area contributed by atoms with Gasteiger partial charge < -0.3 is 10.1 Å². The van der Waals surface area contributed by atoms with E-state index in [2.05, 4.69) is 5.32 Å². The maximum Gasteiger partial charge on any atom is 0.471 e. The molecule has 8 heteroatoms. The topological polar surface area (TPSA) is 58.6 Å². The summed E-state index contributed by atoms with van der Waals surface area (Å²) in [4.78, 5) is 27.1. The molecule has 0 bridgehead atoms.